The summed E-state index contributed by atoms with van der Waals surface area (Å²) in [4.78, 5) is 7.21. The molecule has 1 aromatic rings. The zero-order chi connectivity index (χ0) is 8.10. The van der Waals surface area contributed by atoms with Crippen LogP contribution in [0.25, 0.3) is 0 Å². The fourth-order valence-corrected chi connectivity index (χ4v) is 0.680. The SMILES string of the molecule is CCCNc1cncc(F)n1. The zero-order valence-corrected chi connectivity index (χ0v) is 6.34. The molecule has 0 aromatic carbocycles. The van der Waals surface area contributed by atoms with Gasteiger partial charge < -0.3 is 5.32 Å². The highest BCUT2D eigenvalue weighted by molar-refractivity contribution is 5.29. The highest BCUT2D eigenvalue weighted by Gasteiger charge is 1.94. The Morgan fingerprint density at radius 2 is 2.36 bits per heavy atom. The molecule has 0 aliphatic carbocycles. The lowest BCUT2D eigenvalue weighted by molar-refractivity contribution is 0.578. The first-order valence-electron chi connectivity index (χ1n) is 3.54. The van der Waals surface area contributed by atoms with Gasteiger partial charge in [0.05, 0.1) is 12.4 Å². The van der Waals surface area contributed by atoms with Crippen molar-refractivity contribution in [2.75, 3.05) is 11.9 Å². The average molecular weight is 155 g/mol. The van der Waals surface area contributed by atoms with Crippen molar-refractivity contribution in [3.63, 3.8) is 0 Å². The van der Waals surface area contributed by atoms with Crippen molar-refractivity contribution in [2.24, 2.45) is 0 Å². The largest absolute Gasteiger partial charge is 0.369 e. The minimum absolute atomic E-state index is 0.492. The highest BCUT2D eigenvalue weighted by Crippen LogP contribution is 1.99. The second kappa shape index (κ2) is 3.85. The third-order valence-corrected chi connectivity index (χ3v) is 1.16. The van der Waals surface area contributed by atoms with Gasteiger partial charge in [0.1, 0.15) is 5.82 Å². The lowest BCUT2D eigenvalue weighted by Gasteiger charge is -2.00. The summed E-state index contributed by atoms with van der Waals surface area (Å²) in [6.45, 7) is 2.82. The van der Waals surface area contributed by atoms with Crippen LogP contribution in [0.5, 0.6) is 0 Å². The van der Waals surface area contributed by atoms with Crippen molar-refractivity contribution in [1.82, 2.24) is 9.97 Å². The predicted molar refractivity (Wildman–Crippen MR) is 40.8 cm³/mol. The summed E-state index contributed by atoms with van der Waals surface area (Å²) in [6, 6.07) is 0. The van der Waals surface area contributed by atoms with Crippen molar-refractivity contribution in [1.29, 1.82) is 0 Å². The van der Waals surface area contributed by atoms with Crippen LogP contribution in [-0.4, -0.2) is 16.5 Å². The van der Waals surface area contributed by atoms with E-state index in [9.17, 15) is 4.39 Å². The number of aromatic nitrogens is 2. The Kier molecular flexibility index (Phi) is 2.77. The molecule has 1 N–H and O–H groups in total. The van der Waals surface area contributed by atoms with Crippen molar-refractivity contribution < 1.29 is 4.39 Å². The van der Waals surface area contributed by atoms with Crippen molar-refractivity contribution >= 4 is 5.82 Å². The monoisotopic (exact) mass is 155 g/mol. The molecule has 0 radical (unpaired) electrons. The third-order valence-electron chi connectivity index (χ3n) is 1.16. The molecule has 60 valence electrons. The summed E-state index contributed by atoms with van der Waals surface area (Å²) in [6.07, 6.45) is 3.56. The zero-order valence-electron chi connectivity index (χ0n) is 6.34. The Morgan fingerprint density at radius 1 is 1.55 bits per heavy atom. The number of rotatable bonds is 3. The number of nitrogens with one attached hydrogen (secondary N) is 1. The van der Waals surface area contributed by atoms with E-state index >= 15 is 0 Å². The first-order chi connectivity index (χ1) is 5.33. The van der Waals surface area contributed by atoms with Crippen LogP contribution in [-0.2, 0) is 0 Å². The maximum Gasteiger partial charge on any atom is 0.233 e. The Labute approximate surface area is 64.7 Å². The molecule has 1 rings (SSSR count). The molecule has 0 amide bonds. The van der Waals surface area contributed by atoms with Gasteiger partial charge in [-0.2, -0.15) is 9.37 Å². The lowest BCUT2D eigenvalue weighted by atomic mass is 10.5. The molecule has 1 heterocycles. The van der Waals surface area contributed by atoms with Crippen molar-refractivity contribution in [3.8, 4) is 0 Å². The van der Waals surface area contributed by atoms with E-state index in [2.05, 4.69) is 15.3 Å². The number of anilines is 1. The summed E-state index contributed by atoms with van der Waals surface area (Å²) in [7, 11) is 0. The van der Waals surface area contributed by atoms with Crippen LogP contribution in [0.3, 0.4) is 0 Å². The van der Waals surface area contributed by atoms with E-state index in [1.165, 1.54) is 6.20 Å². The minimum atomic E-state index is -0.550. The summed E-state index contributed by atoms with van der Waals surface area (Å²) >= 11 is 0. The van der Waals surface area contributed by atoms with Gasteiger partial charge >= 0.3 is 0 Å². The van der Waals surface area contributed by atoms with E-state index in [0.717, 1.165) is 19.2 Å². The normalized spacial score (nSPS) is 9.64. The molecule has 0 bridgehead atoms. The lowest BCUT2D eigenvalue weighted by Crippen LogP contribution is -2.02. The topological polar surface area (TPSA) is 37.8 Å². The van der Waals surface area contributed by atoms with E-state index in [0.29, 0.717) is 5.82 Å². The fraction of sp³-hybridized carbons (Fsp3) is 0.429. The molecular weight excluding hydrogens is 145 g/mol. The third kappa shape index (κ3) is 2.49. The Bertz CT molecular complexity index is 227. The van der Waals surface area contributed by atoms with Crippen LogP contribution in [0.15, 0.2) is 12.4 Å². The summed E-state index contributed by atoms with van der Waals surface area (Å²) in [5, 5.41) is 2.92. The fourth-order valence-electron chi connectivity index (χ4n) is 0.680. The summed E-state index contributed by atoms with van der Waals surface area (Å²) in [5.74, 6) is -0.0575. The Morgan fingerprint density at radius 3 is 3.00 bits per heavy atom. The van der Waals surface area contributed by atoms with Gasteiger partial charge in [0, 0.05) is 6.54 Å². The van der Waals surface area contributed by atoms with Gasteiger partial charge in [-0.1, -0.05) is 6.92 Å². The Balaban J connectivity index is 2.56. The van der Waals surface area contributed by atoms with Crippen LogP contribution in [0.4, 0.5) is 10.2 Å². The molecule has 0 spiro atoms. The van der Waals surface area contributed by atoms with Gasteiger partial charge in [-0.15, -0.1) is 0 Å². The molecule has 0 atom stereocenters. The molecule has 0 aliphatic heterocycles. The molecule has 3 nitrogen and oxygen atoms in total. The molecule has 1 aromatic heterocycles. The van der Waals surface area contributed by atoms with Gasteiger partial charge in [-0.25, -0.2) is 0 Å². The molecule has 0 saturated heterocycles. The van der Waals surface area contributed by atoms with Crippen LogP contribution < -0.4 is 5.32 Å². The molecule has 0 unspecified atom stereocenters. The van der Waals surface area contributed by atoms with Crippen LogP contribution in [0, 0.1) is 5.95 Å². The van der Waals surface area contributed by atoms with Gasteiger partial charge in [0.15, 0.2) is 0 Å². The van der Waals surface area contributed by atoms with E-state index in [-0.39, 0.29) is 0 Å². The van der Waals surface area contributed by atoms with Crippen LogP contribution >= 0.6 is 0 Å². The molecule has 0 aliphatic rings. The van der Waals surface area contributed by atoms with Crippen LogP contribution in [0.1, 0.15) is 13.3 Å². The quantitative estimate of drug-likeness (QED) is 0.717. The van der Waals surface area contributed by atoms with E-state index in [4.69, 9.17) is 0 Å². The maximum absolute atomic E-state index is 12.4. The molecule has 4 heteroatoms. The predicted octanol–water partition coefficient (Wildman–Crippen LogP) is 1.44. The summed E-state index contributed by atoms with van der Waals surface area (Å²) < 4.78 is 12.4. The molecule has 0 saturated carbocycles. The van der Waals surface area contributed by atoms with Gasteiger partial charge in [-0.05, 0) is 6.42 Å². The molecule has 0 fully saturated rings. The number of halogens is 1. The smallest absolute Gasteiger partial charge is 0.233 e. The average Bonchev–Trinajstić information content (AvgIpc) is 2.01. The number of hydrogen-bond acceptors (Lipinski definition) is 3. The Hall–Kier alpha value is -1.19. The number of nitrogens with zero attached hydrogens (tertiary/aromatic N) is 2. The maximum atomic E-state index is 12.4. The second-order valence-electron chi connectivity index (χ2n) is 2.15. The van der Waals surface area contributed by atoms with Crippen molar-refractivity contribution in [3.05, 3.63) is 18.3 Å². The number of hydrogen-bond donors (Lipinski definition) is 1. The first kappa shape index (κ1) is 7.91. The minimum Gasteiger partial charge on any atom is -0.369 e. The molecule has 11 heavy (non-hydrogen) atoms. The van der Waals surface area contributed by atoms with E-state index < -0.39 is 5.95 Å². The highest BCUT2D eigenvalue weighted by atomic mass is 19.1. The summed E-state index contributed by atoms with van der Waals surface area (Å²) in [5.41, 5.74) is 0. The van der Waals surface area contributed by atoms with Gasteiger partial charge in [0.2, 0.25) is 5.95 Å². The first-order valence-corrected chi connectivity index (χ1v) is 3.54. The van der Waals surface area contributed by atoms with Crippen molar-refractivity contribution in [2.45, 2.75) is 13.3 Å². The van der Waals surface area contributed by atoms with E-state index in [1.807, 2.05) is 6.92 Å². The standard InChI is InChI=1S/C7H10FN3/c1-2-3-10-7-5-9-4-6(8)11-7/h4-5H,2-3H2,1H3,(H,10,11). The second-order valence-corrected chi connectivity index (χ2v) is 2.15. The van der Waals surface area contributed by atoms with Gasteiger partial charge in [-0.3, -0.25) is 4.98 Å². The molecular formula is C7H10FN3. The van der Waals surface area contributed by atoms with Gasteiger partial charge in [0.25, 0.3) is 0 Å². The van der Waals surface area contributed by atoms with E-state index in [1.54, 1.807) is 0 Å². The van der Waals surface area contributed by atoms with Crippen LogP contribution in [0.2, 0.25) is 0 Å².